The van der Waals surface area contributed by atoms with Crippen LogP contribution >= 0.6 is 45.2 Å². The van der Waals surface area contributed by atoms with Crippen LogP contribution in [0.2, 0.25) is 0 Å². The van der Waals surface area contributed by atoms with Crippen molar-refractivity contribution in [2.75, 3.05) is 0 Å². The van der Waals surface area contributed by atoms with Crippen molar-refractivity contribution in [2.45, 2.75) is 0 Å². The highest BCUT2D eigenvalue weighted by Crippen LogP contribution is 2.24. The van der Waals surface area contributed by atoms with Crippen LogP contribution in [0, 0.1) is 7.40 Å². The van der Waals surface area contributed by atoms with Gasteiger partial charge < -0.3 is 0 Å². The minimum absolute atomic E-state index is 0.959. The van der Waals surface area contributed by atoms with Gasteiger partial charge in [-0.1, -0.05) is 30.3 Å². The number of benzene rings is 2. The fourth-order valence-electron chi connectivity index (χ4n) is 1.75. The number of rotatable bonds is 0. The summed E-state index contributed by atoms with van der Waals surface area (Å²) in [6, 6.07) is 12.4. The molecule has 78 valence electrons. The van der Waals surface area contributed by atoms with Crippen molar-refractivity contribution < 1.29 is 0 Å². The van der Waals surface area contributed by atoms with E-state index in [2.05, 4.69) is 73.3 Å². The molecule has 0 atom stereocenters. The molecule has 0 aliphatic heterocycles. The fraction of sp³-hybridized carbons (Fsp3) is 0. The minimum Gasteiger partial charge on any atom is -0.237 e. The summed E-state index contributed by atoms with van der Waals surface area (Å²) in [6.07, 6.45) is 0. The lowest BCUT2D eigenvalue weighted by molar-refractivity contribution is 1.20. The Morgan fingerprint density at radius 3 is 2.44 bits per heavy atom. The van der Waals surface area contributed by atoms with E-state index in [9.17, 15) is 0 Å². The van der Waals surface area contributed by atoms with Gasteiger partial charge in [0.2, 0.25) is 0 Å². The van der Waals surface area contributed by atoms with Crippen LogP contribution in [-0.4, -0.2) is 9.97 Å². The fourth-order valence-corrected chi connectivity index (χ4v) is 2.49. The van der Waals surface area contributed by atoms with Crippen LogP contribution in [0.1, 0.15) is 0 Å². The van der Waals surface area contributed by atoms with Crippen molar-refractivity contribution in [3.05, 3.63) is 43.8 Å². The van der Waals surface area contributed by atoms with Gasteiger partial charge in [-0.25, -0.2) is 9.97 Å². The largest absolute Gasteiger partial charge is 0.237 e. The standard InChI is InChI=1S/C12H6I2N2/c13-11-12(14)16-10-8-4-2-1-3-7(8)5-6-9(10)15-11/h1-6H. The summed E-state index contributed by atoms with van der Waals surface area (Å²) in [5.74, 6) is 0. The maximum absolute atomic E-state index is 4.62. The summed E-state index contributed by atoms with van der Waals surface area (Å²) >= 11 is 4.44. The van der Waals surface area contributed by atoms with Crippen molar-refractivity contribution in [1.82, 2.24) is 9.97 Å². The average Bonchev–Trinajstić information content (AvgIpc) is 2.31. The molecule has 0 saturated carbocycles. The minimum atomic E-state index is 0.959. The molecule has 0 amide bonds. The van der Waals surface area contributed by atoms with E-state index in [0.29, 0.717) is 0 Å². The summed E-state index contributed by atoms with van der Waals surface area (Å²) < 4.78 is 1.92. The molecule has 0 bridgehead atoms. The third-order valence-electron chi connectivity index (χ3n) is 2.48. The van der Waals surface area contributed by atoms with Crippen LogP contribution in [0.5, 0.6) is 0 Å². The zero-order chi connectivity index (χ0) is 11.1. The van der Waals surface area contributed by atoms with Gasteiger partial charge in [0.05, 0.1) is 11.0 Å². The SMILES string of the molecule is Ic1nc2ccc3ccccc3c2nc1I. The first-order valence-electron chi connectivity index (χ1n) is 4.76. The lowest BCUT2D eigenvalue weighted by atomic mass is 10.1. The second-order valence-electron chi connectivity index (χ2n) is 3.46. The molecule has 0 unspecified atom stereocenters. The molecule has 0 radical (unpaired) electrons. The van der Waals surface area contributed by atoms with Gasteiger partial charge in [0.1, 0.15) is 7.40 Å². The number of hydrogen-bond acceptors (Lipinski definition) is 2. The van der Waals surface area contributed by atoms with E-state index < -0.39 is 0 Å². The van der Waals surface area contributed by atoms with E-state index >= 15 is 0 Å². The zero-order valence-electron chi connectivity index (χ0n) is 8.11. The van der Waals surface area contributed by atoms with Gasteiger partial charge in [-0.3, -0.25) is 0 Å². The Morgan fingerprint density at radius 2 is 1.56 bits per heavy atom. The normalized spacial score (nSPS) is 11.1. The van der Waals surface area contributed by atoms with Gasteiger partial charge >= 0.3 is 0 Å². The quantitative estimate of drug-likeness (QED) is 0.397. The summed E-state index contributed by atoms with van der Waals surface area (Å²) in [6.45, 7) is 0. The average molecular weight is 432 g/mol. The molecule has 4 heteroatoms. The molecule has 0 N–H and O–H groups in total. The molecule has 3 aromatic rings. The Labute approximate surface area is 120 Å². The molecule has 0 fully saturated rings. The van der Waals surface area contributed by atoms with E-state index in [1.807, 2.05) is 18.2 Å². The molecule has 0 aliphatic rings. The Bertz CT molecular complexity index is 695. The Morgan fingerprint density at radius 1 is 0.812 bits per heavy atom. The second-order valence-corrected chi connectivity index (χ2v) is 5.50. The van der Waals surface area contributed by atoms with E-state index in [4.69, 9.17) is 0 Å². The van der Waals surface area contributed by atoms with Gasteiger partial charge in [-0.2, -0.15) is 0 Å². The Kier molecular flexibility index (Phi) is 2.70. The van der Waals surface area contributed by atoms with Gasteiger partial charge in [-0.15, -0.1) is 0 Å². The van der Waals surface area contributed by atoms with Crippen LogP contribution < -0.4 is 0 Å². The van der Waals surface area contributed by atoms with Crippen molar-refractivity contribution in [2.24, 2.45) is 0 Å². The van der Waals surface area contributed by atoms with E-state index in [-0.39, 0.29) is 0 Å². The predicted molar refractivity (Wildman–Crippen MR) is 82.5 cm³/mol. The van der Waals surface area contributed by atoms with Crippen molar-refractivity contribution in [3.8, 4) is 0 Å². The first-order valence-corrected chi connectivity index (χ1v) is 6.92. The van der Waals surface area contributed by atoms with E-state index in [0.717, 1.165) is 18.4 Å². The third-order valence-corrected chi connectivity index (χ3v) is 5.01. The van der Waals surface area contributed by atoms with Crippen molar-refractivity contribution in [1.29, 1.82) is 0 Å². The maximum Gasteiger partial charge on any atom is 0.133 e. The summed E-state index contributed by atoms with van der Waals surface area (Å²) in [5, 5.41) is 2.38. The highest BCUT2D eigenvalue weighted by Gasteiger charge is 2.06. The molecular weight excluding hydrogens is 426 g/mol. The number of aromatic nitrogens is 2. The van der Waals surface area contributed by atoms with Crippen LogP contribution in [-0.2, 0) is 0 Å². The lowest BCUT2D eigenvalue weighted by Gasteiger charge is -2.03. The van der Waals surface area contributed by atoms with Gasteiger partial charge in [0, 0.05) is 5.39 Å². The summed E-state index contributed by atoms with van der Waals surface area (Å²) in [5.41, 5.74) is 1.95. The smallest absolute Gasteiger partial charge is 0.133 e. The molecular formula is C12H6I2N2. The van der Waals surface area contributed by atoms with Gasteiger partial charge in [0.25, 0.3) is 0 Å². The lowest BCUT2D eigenvalue weighted by Crippen LogP contribution is -1.93. The number of nitrogens with zero attached hydrogens (tertiary/aromatic N) is 2. The molecule has 1 aromatic heterocycles. The van der Waals surface area contributed by atoms with E-state index in [1.165, 1.54) is 10.8 Å². The third kappa shape index (κ3) is 1.67. The molecule has 16 heavy (non-hydrogen) atoms. The molecule has 2 nitrogen and oxygen atoms in total. The first-order chi connectivity index (χ1) is 7.75. The molecule has 0 spiro atoms. The van der Waals surface area contributed by atoms with Crippen molar-refractivity contribution in [3.63, 3.8) is 0 Å². The highest BCUT2D eigenvalue weighted by molar-refractivity contribution is 14.1. The summed E-state index contributed by atoms with van der Waals surface area (Å²) in [7, 11) is 0. The van der Waals surface area contributed by atoms with Crippen LogP contribution in [0.4, 0.5) is 0 Å². The molecule has 0 saturated heterocycles. The van der Waals surface area contributed by atoms with Crippen LogP contribution in [0.3, 0.4) is 0 Å². The van der Waals surface area contributed by atoms with E-state index in [1.54, 1.807) is 0 Å². The highest BCUT2D eigenvalue weighted by atomic mass is 127. The second kappa shape index (κ2) is 4.06. The first kappa shape index (κ1) is 10.6. The Balaban J connectivity index is 2.55. The zero-order valence-corrected chi connectivity index (χ0v) is 12.4. The van der Waals surface area contributed by atoms with Crippen LogP contribution in [0.15, 0.2) is 36.4 Å². The monoisotopic (exact) mass is 432 g/mol. The molecule has 3 rings (SSSR count). The molecule has 2 aromatic carbocycles. The van der Waals surface area contributed by atoms with Crippen molar-refractivity contribution >= 4 is 67.0 Å². The molecule has 1 heterocycles. The maximum atomic E-state index is 4.62. The summed E-state index contributed by atoms with van der Waals surface area (Å²) in [4.78, 5) is 9.16. The van der Waals surface area contributed by atoms with Gasteiger partial charge in [-0.05, 0) is 56.6 Å². The predicted octanol–water partition coefficient (Wildman–Crippen LogP) is 3.99. The van der Waals surface area contributed by atoms with Gasteiger partial charge in [0.15, 0.2) is 0 Å². The number of fused-ring (bicyclic) bond motifs is 3. The number of hydrogen-bond donors (Lipinski definition) is 0. The number of halogens is 2. The Hall–Kier alpha value is -0.500. The topological polar surface area (TPSA) is 25.8 Å². The van der Waals surface area contributed by atoms with Crippen LogP contribution in [0.25, 0.3) is 21.8 Å². The molecule has 0 aliphatic carbocycles.